The second kappa shape index (κ2) is 9.88. The zero-order chi connectivity index (χ0) is 20.6. The Labute approximate surface area is 172 Å². The first kappa shape index (κ1) is 20.6. The van der Waals surface area contributed by atoms with Crippen LogP contribution >= 0.6 is 11.3 Å². The minimum atomic E-state index is -0.354. The number of rotatable bonds is 9. The number of carbonyl (C=O) groups excluding carboxylic acids is 1. The van der Waals surface area contributed by atoms with Gasteiger partial charge in [0, 0.05) is 23.4 Å². The van der Waals surface area contributed by atoms with E-state index in [4.69, 9.17) is 14.2 Å². The van der Waals surface area contributed by atoms with Crippen LogP contribution in [0, 0.1) is 5.82 Å². The molecule has 0 bridgehead atoms. The van der Waals surface area contributed by atoms with E-state index in [1.807, 2.05) is 23.6 Å². The van der Waals surface area contributed by atoms with Crippen LogP contribution in [0.15, 0.2) is 47.8 Å². The number of carbonyl (C=O) groups is 1. The van der Waals surface area contributed by atoms with E-state index in [1.165, 1.54) is 23.5 Å². The molecule has 0 spiro atoms. The first-order chi connectivity index (χ1) is 14.1. The van der Waals surface area contributed by atoms with Gasteiger partial charge in [0.1, 0.15) is 23.1 Å². The van der Waals surface area contributed by atoms with Crippen LogP contribution < -0.4 is 19.5 Å². The number of ether oxygens (including phenoxy) is 3. The van der Waals surface area contributed by atoms with Gasteiger partial charge < -0.3 is 19.5 Å². The van der Waals surface area contributed by atoms with Gasteiger partial charge in [-0.2, -0.15) is 0 Å². The van der Waals surface area contributed by atoms with Crippen molar-refractivity contribution in [3.8, 4) is 28.5 Å². The molecule has 29 heavy (non-hydrogen) atoms. The van der Waals surface area contributed by atoms with Gasteiger partial charge in [-0.1, -0.05) is 6.07 Å². The molecule has 1 amide bonds. The predicted octanol–water partition coefficient (Wildman–Crippen LogP) is 4.76. The monoisotopic (exact) mass is 416 g/mol. The van der Waals surface area contributed by atoms with Crippen LogP contribution in [0.3, 0.4) is 0 Å². The molecule has 0 aliphatic heterocycles. The molecule has 3 aromatic rings. The Hall–Kier alpha value is -3.13. The third-order valence-electron chi connectivity index (χ3n) is 4.05. The molecule has 0 saturated heterocycles. The van der Waals surface area contributed by atoms with E-state index < -0.39 is 0 Å². The van der Waals surface area contributed by atoms with Crippen LogP contribution in [0.25, 0.3) is 11.3 Å². The van der Waals surface area contributed by atoms with Gasteiger partial charge >= 0.3 is 0 Å². The highest BCUT2D eigenvalue weighted by atomic mass is 32.1. The molecule has 0 aliphatic rings. The molecule has 6 nitrogen and oxygen atoms in total. The van der Waals surface area contributed by atoms with Crippen LogP contribution in [0.5, 0.6) is 17.2 Å². The minimum absolute atomic E-state index is 0.161. The van der Waals surface area contributed by atoms with E-state index >= 15 is 0 Å². The topological polar surface area (TPSA) is 69.7 Å². The van der Waals surface area contributed by atoms with Gasteiger partial charge in [0.25, 0.3) is 0 Å². The summed E-state index contributed by atoms with van der Waals surface area (Å²) < 4.78 is 29.2. The normalized spacial score (nSPS) is 10.4. The molecule has 0 aliphatic carbocycles. The summed E-state index contributed by atoms with van der Waals surface area (Å²) >= 11 is 1.33. The lowest BCUT2D eigenvalue weighted by Crippen LogP contribution is -2.12. The highest BCUT2D eigenvalue weighted by molar-refractivity contribution is 7.14. The molecule has 1 aromatic heterocycles. The lowest BCUT2D eigenvalue weighted by molar-refractivity contribution is -0.116. The Kier molecular flexibility index (Phi) is 7.02. The fourth-order valence-electron chi connectivity index (χ4n) is 2.63. The van der Waals surface area contributed by atoms with Crippen molar-refractivity contribution in [2.75, 3.05) is 26.1 Å². The van der Waals surface area contributed by atoms with E-state index in [0.29, 0.717) is 41.1 Å². The maximum Gasteiger partial charge on any atom is 0.226 e. The summed E-state index contributed by atoms with van der Waals surface area (Å²) in [6.45, 7) is 0.320. The Bertz CT molecular complexity index is 977. The number of nitrogens with one attached hydrogen (secondary N) is 1. The molecule has 0 radical (unpaired) electrons. The predicted molar refractivity (Wildman–Crippen MR) is 110 cm³/mol. The lowest BCUT2D eigenvalue weighted by atomic mass is 10.1. The van der Waals surface area contributed by atoms with Gasteiger partial charge in [-0.15, -0.1) is 11.3 Å². The van der Waals surface area contributed by atoms with Crippen LogP contribution in [-0.2, 0) is 4.79 Å². The Balaban J connectivity index is 1.53. The highest BCUT2D eigenvalue weighted by Gasteiger charge is 2.13. The maximum absolute atomic E-state index is 13.1. The molecule has 0 saturated carbocycles. The van der Waals surface area contributed by atoms with E-state index in [2.05, 4.69) is 10.3 Å². The Morgan fingerprint density at radius 2 is 2.00 bits per heavy atom. The summed E-state index contributed by atoms with van der Waals surface area (Å²) in [6, 6.07) is 11.4. The van der Waals surface area contributed by atoms with E-state index in [9.17, 15) is 9.18 Å². The van der Waals surface area contributed by atoms with Crippen molar-refractivity contribution in [2.24, 2.45) is 0 Å². The zero-order valence-corrected chi connectivity index (χ0v) is 16.9. The smallest absolute Gasteiger partial charge is 0.226 e. The SMILES string of the molecule is COc1ccc(OC)c(-c2csc(NC(=O)CCCOc3cccc(F)c3)n2)c1. The second-order valence-electron chi connectivity index (χ2n) is 6.06. The average molecular weight is 416 g/mol. The van der Waals surface area contributed by atoms with Gasteiger partial charge in [0.15, 0.2) is 5.13 Å². The molecule has 2 aromatic carbocycles. The van der Waals surface area contributed by atoms with E-state index in [1.54, 1.807) is 26.4 Å². The fraction of sp³-hybridized carbons (Fsp3) is 0.238. The fourth-order valence-corrected chi connectivity index (χ4v) is 3.36. The first-order valence-corrected chi connectivity index (χ1v) is 9.83. The third kappa shape index (κ3) is 5.68. The number of aromatic nitrogens is 1. The molecular formula is C21H21FN2O4S. The van der Waals surface area contributed by atoms with Crippen molar-refractivity contribution in [2.45, 2.75) is 12.8 Å². The molecule has 0 atom stereocenters. The molecule has 0 unspecified atom stereocenters. The van der Waals surface area contributed by atoms with Crippen LogP contribution in [0.1, 0.15) is 12.8 Å². The maximum atomic E-state index is 13.1. The summed E-state index contributed by atoms with van der Waals surface area (Å²) in [7, 11) is 3.18. The number of benzene rings is 2. The van der Waals surface area contributed by atoms with Gasteiger partial charge in [0.05, 0.1) is 26.5 Å². The third-order valence-corrected chi connectivity index (χ3v) is 4.80. The van der Waals surface area contributed by atoms with Crippen molar-refractivity contribution in [3.63, 3.8) is 0 Å². The van der Waals surface area contributed by atoms with Crippen LogP contribution in [-0.4, -0.2) is 31.7 Å². The number of thiazole rings is 1. The Morgan fingerprint density at radius 1 is 1.14 bits per heavy atom. The van der Waals surface area contributed by atoms with Crippen molar-refractivity contribution in [1.82, 2.24) is 4.98 Å². The summed E-state index contributed by atoms with van der Waals surface area (Å²) in [5.74, 6) is 1.29. The largest absolute Gasteiger partial charge is 0.497 e. The number of methoxy groups -OCH3 is 2. The van der Waals surface area contributed by atoms with Crippen molar-refractivity contribution >= 4 is 22.4 Å². The van der Waals surface area contributed by atoms with Crippen molar-refractivity contribution < 1.29 is 23.4 Å². The molecule has 1 N–H and O–H groups in total. The number of halogens is 1. The van der Waals surface area contributed by atoms with Gasteiger partial charge in [0.2, 0.25) is 5.91 Å². The number of anilines is 1. The summed E-state index contributed by atoms with van der Waals surface area (Å²) in [6.07, 6.45) is 0.775. The average Bonchev–Trinajstić information content (AvgIpc) is 3.19. The first-order valence-electron chi connectivity index (χ1n) is 8.95. The molecule has 152 valence electrons. The highest BCUT2D eigenvalue weighted by Crippen LogP contribution is 2.35. The molecule has 0 fully saturated rings. The molecule has 3 rings (SSSR count). The van der Waals surface area contributed by atoms with Crippen LogP contribution in [0.4, 0.5) is 9.52 Å². The minimum Gasteiger partial charge on any atom is -0.497 e. The standard InChI is InChI=1S/C21H21FN2O4S/c1-26-15-8-9-19(27-2)17(12-15)18-13-29-21(23-18)24-20(25)7-4-10-28-16-6-3-5-14(22)11-16/h3,5-6,8-9,11-13H,4,7,10H2,1-2H3,(H,23,24,25). The molecular weight excluding hydrogens is 395 g/mol. The van der Waals surface area contributed by atoms with E-state index in [0.717, 1.165) is 5.56 Å². The van der Waals surface area contributed by atoms with Gasteiger partial charge in [-0.3, -0.25) is 4.79 Å². The number of nitrogens with zero attached hydrogens (tertiary/aromatic N) is 1. The number of hydrogen-bond acceptors (Lipinski definition) is 6. The zero-order valence-electron chi connectivity index (χ0n) is 16.1. The Morgan fingerprint density at radius 3 is 2.76 bits per heavy atom. The van der Waals surface area contributed by atoms with Gasteiger partial charge in [-0.05, 0) is 36.8 Å². The summed E-state index contributed by atoms with van der Waals surface area (Å²) in [4.78, 5) is 16.6. The molecule has 8 heteroatoms. The molecule has 1 heterocycles. The van der Waals surface area contributed by atoms with Gasteiger partial charge in [-0.25, -0.2) is 9.37 Å². The quantitative estimate of drug-likeness (QED) is 0.509. The summed E-state index contributed by atoms with van der Waals surface area (Å²) in [5, 5.41) is 5.13. The number of amides is 1. The second-order valence-corrected chi connectivity index (χ2v) is 6.92. The summed E-state index contributed by atoms with van der Waals surface area (Å²) in [5.41, 5.74) is 1.47. The van der Waals surface area contributed by atoms with Crippen molar-refractivity contribution in [1.29, 1.82) is 0 Å². The van der Waals surface area contributed by atoms with Crippen LogP contribution in [0.2, 0.25) is 0 Å². The number of hydrogen-bond donors (Lipinski definition) is 1. The van der Waals surface area contributed by atoms with Crippen molar-refractivity contribution in [3.05, 3.63) is 53.7 Å². The lowest BCUT2D eigenvalue weighted by Gasteiger charge is -2.08. The van der Waals surface area contributed by atoms with E-state index in [-0.39, 0.29) is 18.1 Å².